The minimum Gasteiger partial charge on any atom is -0.496 e. The molecule has 2 aromatic rings. The van der Waals surface area contributed by atoms with Crippen LogP contribution in [0.1, 0.15) is 24.0 Å². The lowest BCUT2D eigenvalue weighted by Crippen LogP contribution is -2.53. The van der Waals surface area contributed by atoms with Crippen molar-refractivity contribution in [3.8, 4) is 5.75 Å². The van der Waals surface area contributed by atoms with E-state index in [4.69, 9.17) is 22.1 Å². The molecule has 9 nitrogen and oxygen atoms in total. The smallest absolute Gasteiger partial charge is 0.250 e. The highest BCUT2D eigenvalue weighted by Crippen LogP contribution is 2.54. The normalized spacial score (nSPS) is 27.2. The van der Waals surface area contributed by atoms with Crippen LogP contribution in [0, 0.1) is 11.8 Å². The lowest BCUT2D eigenvalue weighted by Gasteiger charge is -2.29. The van der Waals surface area contributed by atoms with Gasteiger partial charge in [0.2, 0.25) is 23.6 Å². The first-order valence-electron chi connectivity index (χ1n) is 10.9. The number of benzene rings is 2. The number of ether oxygens (including phenoxy) is 1. The molecule has 4 amide bonds. The molecule has 5 rings (SSSR count). The molecule has 0 bridgehead atoms. The standard InChI is InChI=1S/C24H23ClN4O5/c1-34-17-5-3-2-4-12(17)11-29-21(31)19-16(8-9-18(26)30)28-24(20(19)22(29)32)14-10-13(25)6-7-15(14)27-23(24)33/h2-7,10,16,19-20,28H,8-9,11H2,1H3,(H2,26,30)(H,27,33)/t16-,19-,20+,24-/m1/s1. The molecule has 0 saturated carbocycles. The summed E-state index contributed by atoms with van der Waals surface area (Å²) in [4.78, 5) is 53.5. The molecule has 3 aliphatic rings. The average molecular weight is 483 g/mol. The van der Waals surface area contributed by atoms with Gasteiger partial charge >= 0.3 is 0 Å². The van der Waals surface area contributed by atoms with Crippen molar-refractivity contribution >= 4 is 40.9 Å². The van der Waals surface area contributed by atoms with Crippen molar-refractivity contribution in [2.45, 2.75) is 31.0 Å². The third kappa shape index (κ3) is 3.19. The number of halogens is 1. The van der Waals surface area contributed by atoms with Crippen molar-refractivity contribution in [3.05, 3.63) is 58.6 Å². The predicted octanol–water partition coefficient (Wildman–Crippen LogP) is 1.53. The minimum absolute atomic E-state index is 0.00890. The number of rotatable bonds is 6. The summed E-state index contributed by atoms with van der Waals surface area (Å²) in [5.74, 6) is -3.09. The van der Waals surface area contributed by atoms with E-state index in [2.05, 4.69) is 10.6 Å². The van der Waals surface area contributed by atoms with Crippen LogP contribution in [0.4, 0.5) is 5.69 Å². The average Bonchev–Trinajstić information content (AvgIpc) is 3.39. The molecule has 4 N–H and O–H groups in total. The van der Waals surface area contributed by atoms with Gasteiger partial charge in [0, 0.05) is 34.3 Å². The first-order valence-corrected chi connectivity index (χ1v) is 11.3. The van der Waals surface area contributed by atoms with Gasteiger partial charge in [-0.25, -0.2) is 0 Å². The van der Waals surface area contributed by atoms with E-state index in [0.29, 0.717) is 27.6 Å². The van der Waals surface area contributed by atoms with E-state index in [-0.39, 0.29) is 19.4 Å². The summed E-state index contributed by atoms with van der Waals surface area (Å²) in [6.45, 7) is 0.0112. The number of imide groups is 1. The number of likely N-dealkylation sites (tertiary alicyclic amines) is 1. The van der Waals surface area contributed by atoms with Gasteiger partial charge in [-0.05, 0) is 30.7 Å². The maximum atomic E-state index is 13.8. The molecule has 0 unspecified atom stereocenters. The quantitative estimate of drug-likeness (QED) is 0.535. The molecule has 176 valence electrons. The van der Waals surface area contributed by atoms with Crippen LogP contribution < -0.4 is 21.1 Å². The van der Waals surface area contributed by atoms with Crippen molar-refractivity contribution in [1.29, 1.82) is 0 Å². The third-order valence-electron chi connectivity index (χ3n) is 6.99. The topological polar surface area (TPSA) is 131 Å². The van der Waals surface area contributed by atoms with Gasteiger partial charge in [-0.3, -0.25) is 29.4 Å². The Kier molecular flexibility index (Phi) is 5.33. The van der Waals surface area contributed by atoms with E-state index in [1.165, 1.54) is 12.0 Å². The van der Waals surface area contributed by atoms with Gasteiger partial charge in [-0.2, -0.15) is 0 Å². The van der Waals surface area contributed by atoms with Crippen LogP contribution >= 0.6 is 11.6 Å². The van der Waals surface area contributed by atoms with Crippen LogP contribution in [0.2, 0.25) is 5.02 Å². The summed E-state index contributed by atoms with van der Waals surface area (Å²) in [7, 11) is 1.52. The van der Waals surface area contributed by atoms with E-state index in [1.807, 2.05) is 0 Å². The van der Waals surface area contributed by atoms with Crippen LogP contribution in [0.3, 0.4) is 0 Å². The minimum atomic E-state index is -1.48. The highest BCUT2D eigenvalue weighted by molar-refractivity contribution is 6.31. The molecule has 3 heterocycles. The van der Waals surface area contributed by atoms with E-state index in [1.54, 1.807) is 42.5 Å². The maximum absolute atomic E-state index is 13.8. The van der Waals surface area contributed by atoms with Gasteiger partial charge in [-0.1, -0.05) is 29.8 Å². The molecule has 0 aromatic heterocycles. The van der Waals surface area contributed by atoms with Crippen LogP contribution in [-0.2, 0) is 31.3 Å². The van der Waals surface area contributed by atoms with Gasteiger partial charge in [0.1, 0.15) is 11.3 Å². The van der Waals surface area contributed by atoms with E-state index < -0.39 is 47.0 Å². The van der Waals surface area contributed by atoms with Gasteiger partial charge < -0.3 is 15.8 Å². The van der Waals surface area contributed by atoms with E-state index >= 15 is 0 Å². The van der Waals surface area contributed by atoms with Gasteiger partial charge in [0.05, 0.1) is 25.5 Å². The molecule has 0 radical (unpaired) electrons. The zero-order valence-electron chi connectivity index (χ0n) is 18.3. The van der Waals surface area contributed by atoms with Crippen LogP contribution in [0.5, 0.6) is 5.75 Å². The molecule has 2 saturated heterocycles. The van der Waals surface area contributed by atoms with Crippen molar-refractivity contribution in [3.63, 3.8) is 0 Å². The fourth-order valence-corrected chi connectivity index (χ4v) is 5.71. The summed E-state index contributed by atoms with van der Waals surface area (Å²) < 4.78 is 5.38. The fourth-order valence-electron chi connectivity index (χ4n) is 5.54. The highest BCUT2D eigenvalue weighted by Gasteiger charge is 2.70. The third-order valence-corrected chi connectivity index (χ3v) is 7.23. The SMILES string of the molecule is COc1ccccc1CN1C(=O)[C@H]2[C@@H](C1=O)[C@@]1(N[C@@H]2CCC(N)=O)C(=O)Nc2ccc(Cl)cc21. The van der Waals surface area contributed by atoms with Crippen molar-refractivity contribution in [1.82, 2.24) is 10.2 Å². The lowest BCUT2D eigenvalue weighted by atomic mass is 9.76. The Morgan fingerprint density at radius 1 is 1.18 bits per heavy atom. The Morgan fingerprint density at radius 2 is 1.94 bits per heavy atom. The lowest BCUT2D eigenvalue weighted by molar-refractivity contribution is -0.143. The Hall–Kier alpha value is -3.43. The van der Waals surface area contributed by atoms with Gasteiger partial charge in [0.25, 0.3) is 0 Å². The zero-order valence-corrected chi connectivity index (χ0v) is 19.1. The number of nitrogens with zero attached hydrogens (tertiary/aromatic N) is 1. The molecule has 10 heteroatoms. The summed E-state index contributed by atoms with van der Waals surface area (Å²) in [6, 6.07) is 11.5. The molecular weight excluding hydrogens is 460 g/mol. The summed E-state index contributed by atoms with van der Waals surface area (Å²) >= 11 is 6.24. The second kappa shape index (κ2) is 8.11. The second-order valence-corrected chi connectivity index (χ2v) is 9.22. The summed E-state index contributed by atoms with van der Waals surface area (Å²) in [5.41, 5.74) is 5.59. The Bertz CT molecular complexity index is 1230. The van der Waals surface area contributed by atoms with Gasteiger partial charge in [-0.15, -0.1) is 0 Å². The van der Waals surface area contributed by atoms with Gasteiger partial charge in [0.15, 0.2) is 0 Å². The number of methoxy groups -OCH3 is 1. The van der Waals surface area contributed by atoms with Crippen molar-refractivity contribution in [2.75, 3.05) is 12.4 Å². The maximum Gasteiger partial charge on any atom is 0.250 e. The Balaban J connectivity index is 1.59. The molecule has 2 fully saturated rings. The van der Waals surface area contributed by atoms with Crippen molar-refractivity contribution < 1.29 is 23.9 Å². The molecule has 0 aliphatic carbocycles. The van der Waals surface area contributed by atoms with E-state index in [9.17, 15) is 19.2 Å². The Labute approximate surface area is 200 Å². The summed E-state index contributed by atoms with van der Waals surface area (Å²) in [5, 5.41) is 6.47. The first-order chi connectivity index (χ1) is 16.3. The summed E-state index contributed by atoms with van der Waals surface area (Å²) in [6.07, 6.45) is 0.220. The second-order valence-electron chi connectivity index (χ2n) is 8.79. The fraction of sp³-hybridized carbons (Fsp3) is 0.333. The number of carbonyl (C=O) groups excluding carboxylic acids is 4. The largest absolute Gasteiger partial charge is 0.496 e. The molecule has 4 atom stereocenters. The first kappa shape index (κ1) is 22.4. The number of para-hydroxylation sites is 1. The van der Waals surface area contributed by atoms with Crippen LogP contribution in [-0.4, -0.2) is 41.7 Å². The number of hydrogen-bond acceptors (Lipinski definition) is 6. The van der Waals surface area contributed by atoms with Crippen LogP contribution in [0.15, 0.2) is 42.5 Å². The number of amides is 4. The number of fused-ring (bicyclic) bond motifs is 4. The number of nitrogens with one attached hydrogen (secondary N) is 2. The van der Waals surface area contributed by atoms with E-state index in [0.717, 1.165) is 0 Å². The monoisotopic (exact) mass is 482 g/mol. The predicted molar refractivity (Wildman–Crippen MR) is 123 cm³/mol. The molecular formula is C24H23ClN4O5. The Morgan fingerprint density at radius 3 is 2.68 bits per heavy atom. The number of hydrogen-bond donors (Lipinski definition) is 3. The number of carbonyl (C=O) groups is 4. The van der Waals surface area contributed by atoms with Crippen molar-refractivity contribution in [2.24, 2.45) is 17.6 Å². The zero-order chi connectivity index (χ0) is 24.2. The number of primary amides is 1. The molecule has 3 aliphatic heterocycles. The highest BCUT2D eigenvalue weighted by atomic mass is 35.5. The molecule has 2 aromatic carbocycles. The number of anilines is 1. The molecule has 1 spiro atoms. The number of nitrogens with two attached hydrogens (primary N) is 1. The van der Waals surface area contributed by atoms with Crippen LogP contribution in [0.25, 0.3) is 0 Å². The molecule has 34 heavy (non-hydrogen) atoms.